The molecule has 3 aromatic rings. The zero-order chi connectivity index (χ0) is 20.3. The molecule has 0 spiro atoms. The quantitative estimate of drug-likeness (QED) is 0.690. The first-order valence-corrected chi connectivity index (χ1v) is 10.1. The van der Waals surface area contributed by atoms with Crippen LogP contribution in [-0.2, 0) is 16.8 Å². The van der Waals surface area contributed by atoms with Gasteiger partial charge in [-0.05, 0) is 30.5 Å². The lowest BCUT2D eigenvalue weighted by Gasteiger charge is -2.38. The number of amides is 1. The Hall–Kier alpha value is -2.70. The molecule has 150 valence electrons. The lowest BCUT2D eigenvalue weighted by atomic mass is 9.84. The highest BCUT2D eigenvalue weighted by Crippen LogP contribution is 2.33. The summed E-state index contributed by atoms with van der Waals surface area (Å²) in [5.41, 5.74) is 0.804. The molecule has 0 atom stereocenters. The standard InChI is InChI=1S/C22H22ClN3O3/c23-18-8-6-17(7-9-18)22(28)12-14-26(15-13-22)20(27)11-10-19-24-21(25-29-19)16-4-2-1-3-5-16/h1-9,28H,10-15H2. The summed E-state index contributed by atoms with van der Waals surface area (Å²) in [6, 6.07) is 16.8. The average molecular weight is 412 g/mol. The molecule has 1 fully saturated rings. The van der Waals surface area contributed by atoms with Crippen LogP contribution in [0.1, 0.15) is 30.7 Å². The number of carbonyl (C=O) groups excluding carboxylic acids is 1. The zero-order valence-electron chi connectivity index (χ0n) is 15.9. The third-order valence-electron chi connectivity index (χ3n) is 5.38. The van der Waals surface area contributed by atoms with Gasteiger partial charge in [0.15, 0.2) is 0 Å². The smallest absolute Gasteiger partial charge is 0.227 e. The first-order valence-electron chi connectivity index (χ1n) is 9.68. The number of aliphatic hydroxyl groups is 1. The maximum atomic E-state index is 12.6. The van der Waals surface area contributed by atoms with E-state index < -0.39 is 5.60 Å². The molecule has 1 aromatic heterocycles. The SMILES string of the molecule is O=C(CCc1nc(-c2ccccc2)no1)N1CCC(O)(c2ccc(Cl)cc2)CC1. The molecule has 1 amide bonds. The van der Waals surface area contributed by atoms with Gasteiger partial charge in [-0.1, -0.05) is 59.2 Å². The van der Waals surface area contributed by atoms with Crippen molar-refractivity contribution in [3.63, 3.8) is 0 Å². The van der Waals surface area contributed by atoms with Crippen LogP contribution in [0.4, 0.5) is 0 Å². The van der Waals surface area contributed by atoms with Crippen molar-refractivity contribution in [2.24, 2.45) is 0 Å². The minimum Gasteiger partial charge on any atom is -0.385 e. The molecule has 6 nitrogen and oxygen atoms in total. The van der Waals surface area contributed by atoms with E-state index in [9.17, 15) is 9.90 Å². The molecule has 0 bridgehead atoms. The van der Waals surface area contributed by atoms with Gasteiger partial charge in [-0.25, -0.2) is 0 Å². The summed E-state index contributed by atoms with van der Waals surface area (Å²) < 4.78 is 5.27. The van der Waals surface area contributed by atoms with Crippen molar-refractivity contribution in [2.75, 3.05) is 13.1 Å². The summed E-state index contributed by atoms with van der Waals surface area (Å²) in [6.45, 7) is 1.02. The average Bonchev–Trinajstić information content (AvgIpc) is 3.23. The van der Waals surface area contributed by atoms with E-state index in [4.69, 9.17) is 16.1 Å². The molecule has 4 rings (SSSR count). The molecule has 1 aliphatic rings. The largest absolute Gasteiger partial charge is 0.385 e. The van der Waals surface area contributed by atoms with Gasteiger partial charge in [0.2, 0.25) is 17.6 Å². The van der Waals surface area contributed by atoms with Gasteiger partial charge in [0.1, 0.15) is 0 Å². The molecule has 0 aliphatic carbocycles. The fraction of sp³-hybridized carbons (Fsp3) is 0.318. The monoisotopic (exact) mass is 411 g/mol. The van der Waals surface area contributed by atoms with E-state index >= 15 is 0 Å². The zero-order valence-corrected chi connectivity index (χ0v) is 16.7. The van der Waals surface area contributed by atoms with Crippen molar-refractivity contribution in [1.82, 2.24) is 15.0 Å². The molecule has 0 unspecified atom stereocenters. The Morgan fingerprint density at radius 1 is 1.10 bits per heavy atom. The molecular formula is C22H22ClN3O3. The fourth-order valence-corrected chi connectivity index (χ4v) is 3.73. The van der Waals surface area contributed by atoms with Crippen molar-refractivity contribution >= 4 is 17.5 Å². The molecule has 0 radical (unpaired) electrons. The van der Waals surface area contributed by atoms with Crippen molar-refractivity contribution < 1.29 is 14.4 Å². The number of piperidine rings is 1. The highest BCUT2D eigenvalue weighted by molar-refractivity contribution is 6.30. The van der Waals surface area contributed by atoms with E-state index in [1.54, 1.807) is 17.0 Å². The number of nitrogens with zero attached hydrogens (tertiary/aromatic N) is 3. The highest BCUT2D eigenvalue weighted by atomic mass is 35.5. The lowest BCUT2D eigenvalue weighted by Crippen LogP contribution is -2.45. The maximum absolute atomic E-state index is 12.6. The van der Waals surface area contributed by atoms with Crippen LogP contribution >= 0.6 is 11.6 Å². The van der Waals surface area contributed by atoms with Crippen LogP contribution < -0.4 is 0 Å². The van der Waals surface area contributed by atoms with Gasteiger partial charge in [-0.15, -0.1) is 0 Å². The Kier molecular flexibility index (Phi) is 5.65. The number of halogens is 1. The van der Waals surface area contributed by atoms with Gasteiger partial charge in [0, 0.05) is 36.5 Å². The lowest BCUT2D eigenvalue weighted by molar-refractivity contribution is -0.135. The summed E-state index contributed by atoms with van der Waals surface area (Å²) in [7, 11) is 0. The number of hydrogen-bond donors (Lipinski definition) is 1. The van der Waals surface area contributed by atoms with Crippen LogP contribution in [0, 0.1) is 0 Å². The van der Waals surface area contributed by atoms with Crippen LogP contribution in [0.25, 0.3) is 11.4 Å². The number of aromatic nitrogens is 2. The Labute approximate surface area is 174 Å². The van der Waals surface area contributed by atoms with Gasteiger partial charge >= 0.3 is 0 Å². The van der Waals surface area contributed by atoms with Crippen molar-refractivity contribution in [1.29, 1.82) is 0 Å². The molecule has 1 saturated heterocycles. The molecule has 0 saturated carbocycles. The van der Waals surface area contributed by atoms with Crippen LogP contribution in [0.15, 0.2) is 59.1 Å². The maximum Gasteiger partial charge on any atom is 0.227 e. The number of carbonyl (C=O) groups is 1. The number of benzene rings is 2. The first-order chi connectivity index (χ1) is 14.0. The predicted molar refractivity (Wildman–Crippen MR) is 109 cm³/mol. The van der Waals surface area contributed by atoms with Crippen LogP contribution in [0.2, 0.25) is 5.02 Å². The second-order valence-corrected chi connectivity index (χ2v) is 7.73. The van der Waals surface area contributed by atoms with Crippen LogP contribution in [0.5, 0.6) is 0 Å². The number of hydrogen-bond acceptors (Lipinski definition) is 5. The minimum absolute atomic E-state index is 0.0302. The van der Waals surface area contributed by atoms with Crippen molar-refractivity contribution in [3.05, 3.63) is 71.1 Å². The van der Waals surface area contributed by atoms with Gasteiger partial charge in [-0.3, -0.25) is 4.79 Å². The molecule has 7 heteroatoms. The van der Waals surface area contributed by atoms with E-state index in [1.165, 1.54) is 0 Å². The fourth-order valence-electron chi connectivity index (χ4n) is 3.61. The van der Waals surface area contributed by atoms with Gasteiger partial charge < -0.3 is 14.5 Å². The third-order valence-corrected chi connectivity index (χ3v) is 5.63. The number of aryl methyl sites for hydroxylation is 1. The van der Waals surface area contributed by atoms with Gasteiger partial charge in [-0.2, -0.15) is 4.98 Å². The summed E-state index contributed by atoms with van der Waals surface area (Å²) in [5, 5.41) is 15.6. The Balaban J connectivity index is 1.30. The Morgan fingerprint density at radius 2 is 1.79 bits per heavy atom. The molecular weight excluding hydrogens is 390 g/mol. The Bertz CT molecular complexity index is 964. The Morgan fingerprint density at radius 3 is 2.48 bits per heavy atom. The van der Waals surface area contributed by atoms with E-state index in [2.05, 4.69) is 10.1 Å². The second-order valence-electron chi connectivity index (χ2n) is 7.30. The highest BCUT2D eigenvalue weighted by Gasteiger charge is 2.35. The van der Waals surface area contributed by atoms with E-state index in [0.717, 1.165) is 11.1 Å². The minimum atomic E-state index is -0.918. The van der Waals surface area contributed by atoms with Gasteiger partial charge in [0.25, 0.3) is 0 Å². The van der Waals surface area contributed by atoms with E-state index in [1.807, 2.05) is 42.5 Å². The third kappa shape index (κ3) is 4.49. The summed E-state index contributed by atoms with van der Waals surface area (Å²) in [4.78, 5) is 18.7. The summed E-state index contributed by atoms with van der Waals surface area (Å²) in [6.07, 6.45) is 1.70. The van der Waals surface area contributed by atoms with Gasteiger partial charge in [0.05, 0.1) is 5.60 Å². The molecule has 29 heavy (non-hydrogen) atoms. The summed E-state index contributed by atoms with van der Waals surface area (Å²) in [5.74, 6) is 1.01. The molecule has 2 aromatic carbocycles. The van der Waals surface area contributed by atoms with Crippen LogP contribution in [-0.4, -0.2) is 39.1 Å². The molecule has 1 aliphatic heterocycles. The molecule has 1 N–H and O–H groups in total. The molecule has 2 heterocycles. The second kappa shape index (κ2) is 8.35. The van der Waals surface area contributed by atoms with Crippen molar-refractivity contribution in [3.8, 4) is 11.4 Å². The first kappa shape index (κ1) is 19.6. The number of likely N-dealkylation sites (tertiary alicyclic amines) is 1. The number of rotatable bonds is 5. The normalized spacial score (nSPS) is 16.0. The van der Waals surface area contributed by atoms with Crippen LogP contribution in [0.3, 0.4) is 0 Å². The summed E-state index contributed by atoms with van der Waals surface area (Å²) >= 11 is 5.93. The van der Waals surface area contributed by atoms with E-state index in [-0.39, 0.29) is 5.91 Å². The van der Waals surface area contributed by atoms with Crippen molar-refractivity contribution in [2.45, 2.75) is 31.3 Å². The predicted octanol–water partition coefficient (Wildman–Crippen LogP) is 3.83. The van der Waals surface area contributed by atoms with E-state index in [0.29, 0.717) is 55.5 Å². The topological polar surface area (TPSA) is 79.5 Å².